The van der Waals surface area contributed by atoms with Crippen LogP contribution in [0.2, 0.25) is 0 Å². The van der Waals surface area contributed by atoms with E-state index >= 15 is 0 Å². The largest absolute Gasteiger partial charge is 0.315 e. The first-order chi connectivity index (χ1) is 9.40. The Morgan fingerprint density at radius 3 is 2.70 bits per heavy atom. The molecule has 0 unspecified atom stereocenters. The number of nitrogens with one attached hydrogen (secondary N) is 2. The molecule has 9 heteroatoms. The number of H-pyrrole nitrogens is 1. The van der Waals surface area contributed by atoms with Gasteiger partial charge in [-0.05, 0) is 50.4 Å². The van der Waals surface area contributed by atoms with Crippen molar-refractivity contribution in [1.29, 1.82) is 0 Å². The fourth-order valence-corrected chi connectivity index (χ4v) is 2.17. The van der Waals surface area contributed by atoms with E-state index in [0.717, 1.165) is 5.56 Å². The van der Waals surface area contributed by atoms with E-state index in [2.05, 4.69) is 47.4 Å². The number of benzene rings is 1. The fourth-order valence-electron chi connectivity index (χ4n) is 1.54. The van der Waals surface area contributed by atoms with Gasteiger partial charge < -0.3 is 5.32 Å². The number of anilines is 1. The second-order valence-electron chi connectivity index (χ2n) is 3.93. The van der Waals surface area contributed by atoms with Crippen molar-refractivity contribution in [2.75, 3.05) is 5.32 Å². The third kappa shape index (κ3) is 2.88. The SMILES string of the molecule is Cc1ccc(NC(=O)c2n[nH]c(Br)c2Br)c([N+](=O)[O-])c1. The van der Waals surface area contributed by atoms with Crippen molar-refractivity contribution in [3.05, 3.63) is 48.6 Å². The molecular weight excluding hydrogens is 396 g/mol. The fraction of sp³-hybridized carbons (Fsp3) is 0.0909. The highest BCUT2D eigenvalue weighted by atomic mass is 79.9. The Balaban J connectivity index is 2.33. The number of halogens is 2. The normalized spacial score (nSPS) is 10.3. The number of aromatic nitrogens is 2. The maximum absolute atomic E-state index is 12.0. The Bertz CT molecular complexity index is 699. The molecular formula is C11H8Br2N4O3. The molecule has 1 amide bonds. The predicted molar refractivity (Wildman–Crippen MR) is 79.8 cm³/mol. The van der Waals surface area contributed by atoms with Gasteiger partial charge in [0.05, 0.1) is 9.40 Å². The Morgan fingerprint density at radius 2 is 2.15 bits per heavy atom. The van der Waals surface area contributed by atoms with Crippen LogP contribution < -0.4 is 5.32 Å². The highest BCUT2D eigenvalue weighted by molar-refractivity contribution is 9.13. The van der Waals surface area contributed by atoms with Crippen LogP contribution in [0.1, 0.15) is 16.1 Å². The van der Waals surface area contributed by atoms with Crippen LogP contribution in [0.4, 0.5) is 11.4 Å². The molecule has 0 aliphatic heterocycles. The molecule has 0 aliphatic rings. The minimum Gasteiger partial charge on any atom is -0.315 e. The molecule has 2 rings (SSSR count). The quantitative estimate of drug-likeness (QED) is 0.605. The van der Waals surface area contributed by atoms with Gasteiger partial charge in [-0.3, -0.25) is 20.0 Å². The molecule has 0 spiro atoms. The van der Waals surface area contributed by atoms with E-state index in [1.165, 1.54) is 12.1 Å². The standard InChI is InChI=1S/C11H8Br2N4O3/c1-5-2-3-6(7(4-5)17(19)20)14-11(18)9-8(12)10(13)16-15-9/h2-4H,1H3,(H,14,18)(H,15,16). The molecule has 0 saturated heterocycles. The third-order valence-corrected chi connectivity index (χ3v) is 4.36. The summed E-state index contributed by atoms with van der Waals surface area (Å²) in [5.41, 5.74) is 0.797. The Hall–Kier alpha value is -1.74. The number of aromatic amines is 1. The molecule has 0 atom stereocenters. The van der Waals surface area contributed by atoms with E-state index in [4.69, 9.17) is 0 Å². The maximum atomic E-state index is 12.0. The summed E-state index contributed by atoms with van der Waals surface area (Å²) in [5.74, 6) is -0.550. The van der Waals surface area contributed by atoms with Crippen LogP contribution in [0.25, 0.3) is 0 Å². The molecule has 0 saturated carbocycles. The van der Waals surface area contributed by atoms with Gasteiger partial charge in [0, 0.05) is 6.07 Å². The molecule has 0 bridgehead atoms. The zero-order chi connectivity index (χ0) is 14.9. The van der Waals surface area contributed by atoms with Crippen LogP contribution in [0.15, 0.2) is 27.3 Å². The predicted octanol–water partition coefficient (Wildman–Crippen LogP) is 3.40. The molecule has 1 aromatic carbocycles. The number of nitro benzene ring substituents is 1. The number of carbonyl (C=O) groups excluding carboxylic acids is 1. The maximum Gasteiger partial charge on any atom is 0.293 e. The number of amides is 1. The van der Waals surface area contributed by atoms with Gasteiger partial charge >= 0.3 is 0 Å². The molecule has 0 aliphatic carbocycles. The van der Waals surface area contributed by atoms with E-state index in [-0.39, 0.29) is 17.1 Å². The number of nitrogens with zero attached hydrogens (tertiary/aromatic N) is 2. The number of hydrogen-bond acceptors (Lipinski definition) is 4. The number of aryl methyl sites for hydroxylation is 1. The van der Waals surface area contributed by atoms with E-state index in [9.17, 15) is 14.9 Å². The van der Waals surface area contributed by atoms with E-state index in [1.807, 2.05) is 0 Å². The molecule has 1 aromatic heterocycles. The van der Waals surface area contributed by atoms with Gasteiger partial charge in [0.1, 0.15) is 10.3 Å². The zero-order valence-corrected chi connectivity index (χ0v) is 13.3. The topological polar surface area (TPSA) is 101 Å². The van der Waals surface area contributed by atoms with Crippen LogP contribution in [-0.4, -0.2) is 21.0 Å². The van der Waals surface area contributed by atoms with E-state index < -0.39 is 10.8 Å². The summed E-state index contributed by atoms with van der Waals surface area (Å²) in [4.78, 5) is 22.5. The van der Waals surface area contributed by atoms with E-state index in [0.29, 0.717) is 9.08 Å². The monoisotopic (exact) mass is 402 g/mol. The second-order valence-corrected chi connectivity index (χ2v) is 5.52. The molecule has 2 aromatic rings. The van der Waals surface area contributed by atoms with Crippen molar-refractivity contribution >= 4 is 49.1 Å². The smallest absolute Gasteiger partial charge is 0.293 e. The first kappa shape index (κ1) is 14.7. The van der Waals surface area contributed by atoms with Gasteiger partial charge in [-0.2, -0.15) is 5.10 Å². The Labute approximate surface area is 130 Å². The Morgan fingerprint density at radius 1 is 1.45 bits per heavy atom. The van der Waals surface area contributed by atoms with Crippen molar-refractivity contribution in [2.45, 2.75) is 6.92 Å². The lowest BCUT2D eigenvalue weighted by Crippen LogP contribution is -2.14. The minimum atomic E-state index is -0.550. The lowest BCUT2D eigenvalue weighted by Gasteiger charge is -2.05. The van der Waals surface area contributed by atoms with Crippen LogP contribution in [-0.2, 0) is 0 Å². The summed E-state index contributed by atoms with van der Waals surface area (Å²) in [5, 5.41) is 19.8. The van der Waals surface area contributed by atoms with Crippen LogP contribution >= 0.6 is 31.9 Å². The zero-order valence-electron chi connectivity index (χ0n) is 10.1. The molecule has 2 N–H and O–H groups in total. The summed E-state index contributed by atoms with van der Waals surface area (Å²) in [6.07, 6.45) is 0. The number of carbonyl (C=O) groups is 1. The summed E-state index contributed by atoms with van der Waals surface area (Å²) in [6.45, 7) is 1.74. The molecule has 7 nitrogen and oxygen atoms in total. The van der Waals surface area contributed by atoms with Gasteiger partial charge in [0.2, 0.25) is 0 Å². The van der Waals surface area contributed by atoms with Gasteiger partial charge in [-0.25, -0.2) is 0 Å². The molecule has 0 fully saturated rings. The molecule has 0 radical (unpaired) electrons. The highest BCUT2D eigenvalue weighted by Crippen LogP contribution is 2.28. The van der Waals surface area contributed by atoms with E-state index in [1.54, 1.807) is 13.0 Å². The van der Waals surface area contributed by atoms with Crippen molar-refractivity contribution in [2.24, 2.45) is 0 Å². The molecule has 104 valence electrons. The average Bonchev–Trinajstić information content (AvgIpc) is 2.72. The lowest BCUT2D eigenvalue weighted by molar-refractivity contribution is -0.384. The van der Waals surface area contributed by atoms with Crippen molar-refractivity contribution in [3.63, 3.8) is 0 Å². The van der Waals surface area contributed by atoms with Crippen molar-refractivity contribution in [3.8, 4) is 0 Å². The minimum absolute atomic E-state index is 0.103. The highest BCUT2D eigenvalue weighted by Gasteiger charge is 2.21. The summed E-state index contributed by atoms with van der Waals surface area (Å²) in [7, 11) is 0. The summed E-state index contributed by atoms with van der Waals surface area (Å²) < 4.78 is 0.964. The first-order valence-corrected chi connectivity index (χ1v) is 6.94. The van der Waals surface area contributed by atoms with Gasteiger partial charge in [-0.1, -0.05) is 6.07 Å². The number of hydrogen-bond donors (Lipinski definition) is 2. The lowest BCUT2D eigenvalue weighted by atomic mass is 10.2. The van der Waals surface area contributed by atoms with Crippen molar-refractivity contribution < 1.29 is 9.72 Å². The molecule has 20 heavy (non-hydrogen) atoms. The second kappa shape index (κ2) is 5.71. The number of rotatable bonds is 3. The molecule has 1 heterocycles. The first-order valence-electron chi connectivity index (χ1n) is 5.36. The summed E-state index contributed by atoms with van der Waals surface area (Å²) >= 11 is 6.35. The van der Waals surface area contributed by atoms with Crippen LogP contribution in [0.5, 0.6) is 0 Å². The van der Waals surface area contributed by atoms with Gasteiger partial charge in [-0.15, -0.1) is 0 Å². The van der Waals surface area contributed by atoms with Crippen molar-refractivity contribution in [1.82, 2.24) is 10.2 Å². The number of nitro groups is 1. The summed E-state index contributed by atoms with van der Waals surface area (Å²) in [6, 6.07) is 4.56. The van der Waals surface area contributed by atoms with Gasteiger partial charge in [0.25, 0.3) is 11.6 Å². The third-order valence-electron chi connectivity index (χ3n) is 2.48. The van der Waals surface area contributed by atoms with Crippen LogP contribution in [0, 0.1) is 17.0 Å². The van der Waals surface area contributed by atoms with Crippen LogP contribution in [0.3, 0.4) is 0 Å². The van der Waals surface area contributed by atoms with Gasteiger partial charge in [0.15, 0.2) is 5.69 Å². The average molecular weight is 404 g/mol. The Kier molecular flexibility index (Phi) is 4.19.